The summed E-state index contributed by atoms with van der Waals surface area (Å²) in [6.45, 7) is 3.42. The van der Waals surface area contributed by atoms with Gasteiger partial charge >= 0.3 is 0 Å². The van der Waals surface area contributed by atoms with Crippen LogP contribution in [-0.4, -0.2) is 11.8 Å². The van der Waals surface area contributed by atoms with Gasteiger partial charge in [-0.2, -0.15) is 0 Å². The minimum absolute atomic E-state index is 0.688. The lowest BCUT2D eigenvalue weighted by molar-refractivity contribution is 0.340. The summed E-state index contributed by atoms with van der Waals surface area (Å²) in [5.41, 5.74) is 2.45. The van der Waals surface area contributed by atoms with Gasteiger partial charge in [-0.3, -0.25) is 0 Å². The molecule has 1 aromatic heterocycles. The number of aromatic nitrogens is 1. The van der Waals surface area contributed by atoms with Crippen LogP contribution >= 0.6 is 0 Å². The Morgan fingerprint density at radius 2 is 2.20 bits per heavy atom. The Morgan fingerprint density at radius 3 is 3.10 bits per heavy atom. The molecule has 20 heavy (non-hydrogen) atoms. The largest absolute Gasteiger partial charge is 0.494 e. The number of nitrogens with one attached hydrogen (secondary N) is 1. The molecule has 0 saturated carbocycles. The summed E-state index contributed by atoms with van der Waals surface area (Å²) in [5.74, 6) is 2.87. The van der Waals surface area contributed by atoms with Crippen LogP contribution < -0.4 is 10.1 Å². The van der Waals surface area contributed by atoms with E-state index < -0.39 is 0 Å². The third kappa shape index (κ3) is 2.79. The number of fused-ring (bicyclic) bond motifs is 1. The fourth-order valence-electron chi connectivity index (χ4n) is 2.62. The summed E-state index contributed by atoms with van der Waals surface area (Å²) in [4.78, 5) is 0. The lowest BCUT2D eigenvalue weighted by atomic mass is 9.98. The Bertz CT molecular complexity index is 578. The van der Waals surface area contributed by atoms with Crippen molar-refractivity contribution in [1.29, 1.82) is 0 Å². The van der Waals surface area contributed by atoms with Crippen LogP contribution in [-0.2, 0) is 19.4 Å². The molecule has 0 atom stereocenters. The number of aryl methyl sites for hydroxylation is 1. The molecule has 106 valence electrons. The molecule has 0 fully saturated rings. The normalized spacial score (nSPS) is 13.8. The molecule has 0 bridgehead atoms. The van der Waals surface area contributed by atoms with Crippen molar-refractivity contribution in [3.63, 3.8) is 0 Å². The first-order chi connectivity index (χ1) is 9.86. The van der Waals surface area contributed by atoms with Crippen LogP contribution in [0.2, 0.25) is 0 Å². The van der Waals surface area contributed by atoms with Crippen molar-refractivity contribution in [3.05, 3.63) is 41.2 Å². The first kappa shape index (κ1) is 13.0. The fraction of sp³-hybridized carbons (Fsp3) is 0.438. The lowest BCUT2D eigenvalue weighted by Crippen LogP contribution is -2.05. The standard InChI is InChI=1S/C16H20N2O2/c1-2-19-13-7-5-6-12(10-13)11-17-16-14-8-3-4-9-15(14)20-18-16/h5-7,10H,2-4,8-9,11H2,1H3,(H,17,18). The zero-order chi connectivity index (χ0) is 13.8. The molecule has 1 aliphatic rings. The van der Waals surface area contributed by atoms with E-state index in [2.05, 4.69) is 22.6 Å². The number of hydrogen-bond acceptors (Lipinski definition) is 4. The van der Waals surface area contributed by atoms with Crippen molar-refractivity contribution in [3.8, 4) is 5.75 Å². The number of nitrogens with zero attached hydrogens (tertiary/aromatic N) is 1. The van der Waals surface area contributed by atoms with E-state index in [1.54, 1.807) is 0 Å². The van der Waals surface area contributed by atoms with Crippen molar-refractivity contribution in [2.45, 2.75) is 39.2 Å². The van der Waals surface area contributed by atoms with Gasteiger partial charge in [0, 0.05) is 18.5 Å². The minimum atomic E-state index is 0.688. The molecular formula is C16H20N2O2. The average Bonchev–Trinajstić information content (AvgIpc) is 2.89. The highest BCUT2D eigenvalue weighted by atomic mass is 16.5. The summed E-state index contributed by atoms with van der Waals surface area (Å²) >= 11 is 0. The SMILES string of the molecule is CCOc1cccc(CNc2noc3c2CCCC3)c1. The van der Waals surface area contributed by atoms with E-state index in [4.69, 9.17) is 9.26 Å². The van der Waals surface area contributed by atoms with Gasteiger partial charge in [0.25, 0.3) is 0 Å². The number of anilines is 1. The molecule has 1 heterocycles. The van der Waals surface area contributed by atoms with Gasteiger partial charge < -0.3 is 14.6 Å². The topological polar surface area (TPSA) is 47.3 Å². The van der Waals surface area contributed by atoms with Gasteiger partial charge in [0.1, 0.15) is 11.5 Å². The summed E-state index contributed by atoms with van der Waals surface area (Å²) < 4.78 is 10.9. The van der Waals surface area contributed by atoms with E-state index >= 15 is 0 Å². The Labute approximate surface area is 119 Å². The number of benzene rings is 1. The maximum atomic E-state index is 5.51. The van der Waals surface area contributed by atoms with Crippen LogP contribution in [0.15, 0.2) is 28.8 Å². The van der Waals surface area contributed by atoms with Gasteiger partial charge in [0.05, 0.1) is 6.61 Å². The quantitative estimate of drug-likeness (QED) is 0.904. The predicted molar refractivity (Wildman–Crippen MR) is 78.1 cm³/mol. The van der Waals surface area contributed by atoms with Crippen LogP contribution in [0.5, 0.6) is 5.75 Å². The van der Waals surface area contributed by atoms with Crippen LogP contribution in [0, 0.1) is 0 Å². The second-order valence-corrected chi connectivity index (χ2v) is 5.07. The van der Waals surface area contributed by atoms with Crippen molar-refractivity contribution in [2.75, 3.05) is 11.9 Å². The van der Waals surface area contributed by atoms with Crippen LogP contribution in [0.4, 0.5) is 5.82 Å². The highest BCUT2D eigenvalue weighted by Crippen LogP contribution is 2.27. The molecule has 0 amide bonds. The molecule has 0 unspecified atom stereocenters. The summed E-state index contributed by atoms with van der Waals surface area (Å²) in [6.07, 6.45) is 4.52. The third-order valence-corrected chi connectivity index (χ3v) is 3.62. The monoisotopic (exact) mass is 272 g/mol. The second-order valence-electron chi connectivity index (χ2n) is 5.07. The highest BCUT2D eigenvalue weighted by molar-refractivity contribution is 5.47. The van der Waals surface area contributed by atoms with Gasteiger partial charge in [-0.05, 0) is 43.9 Å². The van der Waals surface area contributed by atoms with E-state index in [1.807, 2.05) is 19.1 Å². The minimum Gasteiger partial charge on any atom is -0.494 e. The van der Waals surface area contributed by atoms with E-state index in [0.717, 1.165) is 36.7 Å². The molecule has 0 saturated heterocycles. The Morgan fingerprint density at radius 1 is 1.30 bits per heavy atom. The first-order valence-electron chi connectivity index (χ1n) is 7.30. The van der Waals surface area contributed by atoms with Gasteiger partial charge in [0.15, 0.2) is 5.82 Å². The fourth-order valence-corrected chi connectivity index (χ4v) is 2.62. The summed E-state index contributed by atoms with van der Waals surface area (Å²) in [6, 6.07) is 8.14. The van der Waals surface area contributed by atoms with E-state index in [-0.39, 0.29) is 0 Å². The first-order valence-corrected chi connectivity index (χ1v) is 7.30. The molecule has 1 aromatic carbocycles. The molecule has 3 rings (SSSR count). The van der Waals surface area contributed by atoms with Gasteiger partial charge in [-0.25, -0.2) is 0 Å². The molecule has 4 nitrogen and oxygen atoms in total. The van der Waals surface area contributed by atoms with E-state index in [1.165, 1.54) is 24.0 Å². The lowest BCUT2D eigenvalue weighted by Gasteiger charge is -2.10. The second kappa shape index (κ2) is 5.99. The zero-order valence-electron chi connectivity index (χ0n) is 11.8. The van der Waals surface area contributed by atoms with Gasteiger partial charge in [-0.15, -0.1) is 0 Å². The van der Waals surface area contributed by atoms with E-state index in [9.17, 15) is 0 Å². The predicted octanol–water partition coefficient (Wildman–Crippen LogP) is 3.56. The van der Waals surface area contributed by atoms with Crippen molar-refractivity contribution < 1.29 is 9.26 Å². The molecular weight excluding hydrogens is 252 g/mol. The molecule has 0 radical (unpaired) electrons. The van der Waals surface area contributed by atoms with E-state index in [0.29, 0.717) is 6.61 Å². The maximum absolute atomic E-state index is 5.51. The van der Waals surface area contributed by atoms with Gasteiger partial charge in [-0.1, -0.05) is 17.3 Å². The average molecular weight is 272 g/mol. The smallest absolute Gasteiger partial charge is 0.173 e. The molecule has 0 spiro atoms. The molecule has 1 aliphatic carbocycles. The number of rotatable bonds is 5. The maximum Gasteiger partial charge on any atom is 0.173 e. The van der Waals surface area contributed by atoms with Crippen molar-refractivity contribution in [1.82, 2.24) is 5.16 Å². The Kier molecular flexibility index (Phi) is 3.90. The third-order valence-electron chi connectivity index (χ3n) is 3.62. The Balaban J connectivity index is 1.67. The van der Waals surface area contributed by atoms with Gasteiger partial charge in [0.2, 0.25) is 0 Å². The summed E-state index contributed by atoms with van der Waals surface area (Å²) in [5, 5.41) is 7.53. The number of ether oxygens (including phenoxy) is 1. The molecule has 2 aromatic rings. The molecule has 0 aliphatic heterocycles. The zero-order valence-corrected chi connectivity index (χ0v) is 11.8. The van der Waals surface area contributed by atoms with Crippen LogP contribution in [0.1, 0.15) is 36.7 Å². The molecule has 4 heteroatoms. The summed E-state index contributed by atoms with van der Waals surface area (Å²) in [7, 11) is 0. The Hall–Kier alpha value is -1.97. The van der Waals surface area contributed by atoms with Crippen LogP contribution in [0.3, 0.4) is 0 Å². The van der Waals surface area contributed by atoms with Crippen molar-refractivity contribution >= 4 is 5.82 Å². The molecule has 1 N–H and O–H groups in total. The van der Waals surface area contributed by atoms with Crippen LogP contribution in [0.25, 0.3) is 0 Å². The highest BCUT2D eigenvalue weighted by Gasteiger charge is 2.18. The van der Waals surface area contributed by atoms with Crippen molar-refractivity contribution in [2.24, 2.45) is 0 Å². The number of hydrogen-bond donors (Lipinski definition) is 1.